The third kappa shape index (κ3) is 8.85. The Bertz CT molecular complexity index is 1530. The third-order valence-corrected chi connectivity index (χ3v) is 8.25. The van der Waals surface area contributed by atoms with Crippen LogP contribution in [0, 0.1) is 5.41 Å². The Morgan fingerprint density at radius 1 is 0.870 bits per heavy atom. The van der Waals surface area contributed by atoms with Gasteiger partial charge >= 0.3 is 18.4 Å². The Labute approximate surface area is 266 Å². The van der Waals surface area contributed by atoms with Crippen molar-refractivity contribution in [3.8, 4) is 5.75 Å². The second kappa shape index (κ2) is 13.8. The van der Waals surface area contributed by atoms with Crippen molar-refractivity contribution in [3.05, 3.63) is 106 Å². The van der Waals surface area contributed by atoms with E-state index >= 15 is 0 Å². The van der Waals surface area contributed by atoms with Crippen LogP contribution in [-0.2, 0) is 30.2 Å². The Kier molecular flexibility index (Phi) is 10.5. The van der Waals surface area contributed by atoms with E-state index in [1.165, 1.54) is 4.90 Å². The first-order valence-electron chi connectivity index (χ1n) is 15.1. The van der Waals surface area contributed by atoms with E-state index < -0.39 is 36.1 Å². The molecule has 0 atom stereocenters. The van der Waals surface area contributed by atoms with Crippen molar-refractivity contribution in [2.75, 3.05) is 13.7 Å². The predicted molar refractivity (Wildman–Crippen MR) is 165 cm³/mol. The van der Waals surface area contributed by atoms with Gasteiger partial charge in [-0.3, -0.25) is 4.90 Å². The lowest BCUT2D eigenvalue weighted by Crippen LogP contribution is -2.35. The largest absolute Gasteiger partial charge is 0.496 e. The van der Waals surface area contributed by atoms with Gasteiger partial charge < -0.3 is 9.47 Å². The molecule has 0 saturated carbocycles. The summed E-state index contributed by atoms with van der Waals surface area (Å²) in [6.45, 7) is 7.62. The second-order valence-electron chi connectivity index (χ2n) is 12.8. The number of halogens is 6. The minimum absolute atomic E-state index is 0.0565. The molecule has 0 saturated heterocycles. The highest BCUT2D eigenvalue weighted by molar-refractivity contribution is 5.76. The highest BCUT2D eigenvalue weighted by Gasteiger charge is 2.37. The number of rotatable bonds is 9. The fourth-order valence-electron chi connectivity index (χ4n) is 5.77. The van der Waals surface area contributed by atoms with E-state index in [4.69, 9.17) is 9.47 Å². The lowest BCUT2D eigenvalue weighted by Gasteiger charge is -2.36. The van der Waals surface area contributed by atoms with Gasteiger partial charge in [-0.2, -0.15) is 26.3 Å². The van der Waals surface area contributed by atoms with Crippen LogP contribution in [0.3, 0.4) is 0 Å². The summed E-state index contributed by atoms with van der Waals surface area (Å²) >= 11 is 0. The number of allylic oxidation sites excluding steroid dienone is 1. The molecule has 0 heterocycles. The molecule has 0 aromatic heterocycles. The van der Waals surface area contributed by atoms with Crippen molar-refractivity contribution >= 4 is 11.7 Å². The molecule has 1 aliphatic rings. The van der Waals surface area contributed by atoms with Crippen LogP contribution in [-0.4, -0.2) is 24.6 Å². The standard InChI is InChI=1S/C36H39F6NO3/c1-23(2)26-11-12-32(45-5)31(17-26)30-13-14-34(3,4)19-27(30)21-43(33(44)46-22-24-9-7-6-8-10-24)20-25-15-28(35(37,38)39)18-29(16-25)36(40,41)42/h6-12,15-18,23H,13-14,19-22H2,1-5H3. The summed E-state index contributed by atoms with van der Waals surface area (Å²) in [5.41, 5.74) is 1.05. The van der Waals surface area contributed by atoms with Crippen molar-refractivity contribution in [1.82, 2.24) is 4.90 Å². The van der Waals surface area contributed by atoms with Gasteiger partial charge in [-0.15, -0.1) is 0 Å². The molecule has 0 bridgehead atoms. The maximum absolute atomic E-state index is 13.7. The van der Waals surface area contributed by atoms with E-state index in [1.807, 2.05) is 12.1 Å². The maximum Gasteiger partial charge on any atom is 0.416 e. The number of hydrogen-bond acceptors (Lipinski definition) is 3. The quantitative estimate of drug-likeness (QED) is 0.217. The number of ether oxygens (including phenoxy) is 2. The van der Waals surface area contributed by atoms with Crippen LogP contribution < -0.4 is 4.74 Å². The molecule has 4 rings (SSSR count). The number of nitrogens with zero attached hydrogens (tertiary/aromatic N) is 1. The highest BCUT2D eigenvalue weighted by atomic mass is 19.4. The summed E-state index contributed by atoms with van der Waals surface area (Å²) in [6.07, 6.45) is -8.86. The molecule has 0 radical (unpaired) electrons. The van der Waals surface area contributed by atoms with E-state index in [1.54, 1.807) is 37.4 Å². The van der Waals surface area contributed by atoms with Crippen molar-refractivity contribution in [2.24, 2.45) is 5.41 Å². The monoisotopic (exact) mass is 647 g/mol. The van der Waals surface area contributed by atoms with Gasteiger partial charge in [-0.05, 0) is 88.8 Å². The molecule has 0 unspecified atom stereocenters. The van der Waals surface area contributed by atoms with Crippen LogP contribution in [0.4, 0.5) is 31.1 Å². The molecule has 0 aliphatic heterocycles. The average Bonchev–Trinajstić information content (AvgIpc) is 2.98. The van der Waals surface area contributed by atoms with Crippen molar-refractivity contribution in [1.29, 1.82) is 0 Å². The molecule has 0 fully saturated rings. The molecule has 46 heavy (non-hydrogen) atoms. The number of methoxy groups -OCH3 is 1. The van der Waals surface area contributed by atoms with Gasteiger partial charge in [0.25, 0.3) is 0 Å². The van der Waals surface area contributed by atoms with E-state index in [2.05, 4.69) is 33.8 Å². The van der Waals surface area contributed by atoms with E-state index in [0.29, 0.717) is 36.3 Å². The van der Waals surface area contributed by atoms with Crippen molar-refractivity contribution < 1.29 is 40.6 Å². The van der Waals surface area contributed by atoms with E-state index in [9.17, 15) is 31.1 Å². The van der Waals surface area contributed by atoms with Crippen LogP contribution >= 0.6 is 0 Å². The van der Waals surface area contributed by atoms with Crippen LogP contribution in [0.25, 0.3) is 5.57 Å². The summed E-state index contributed by atoms with van der Waals surface area (Å²) in [5.74, 6) is 0.865. The molecule has 3 aromatic carbocycles. The number of benzene rings is 3. The molecule has 1 aliphatic carbocycles. The first-order valence-corrected chi connectivity index (χ1v) is 15.1. The van der Waals surface area contributed by atoms with Crippen molar-refractivity contribution in [3.63, 3.8) is 0 Å². The molecule has 0 N–H and O–H groups in total. The van der Waals surface area contributed by atoms with Gasteiger partial charge in [0.15, 0.2) is 0 Å². The molecule has 248 valence electrons. The van der Waals surface area contributed by atoms with E-state index in [-0.39, 0.29) is 36.1 Å². The van der Waals surface area contributed by atoms with Crippen LogP contribution in [0.5, 0.6) is 5.75 Å². The lowest BCUT2D eigenvalue weighted by molar-refractivity contribution is -0.143. The molecular formula is C36H39F6NO3. The summed E-state index contributed by atoms with van der Waals surface area (Å²) in [5, 5.41) is 0. The van der Waals surface area contributed by atoms with Gasteiger partial charge in [-0.1, -0.05) is 64.1 Å². The predicted octanol–water partition coefficient (Wildman–Crippen LogP) is 10.7. The zero-order valence-corrected chi connectivity index (χ0v) is 26.6. The summed E-state index contributed by atoms with van der Waals surface area (Å²) < 4.78 is 93.5. The fourth-order valence-corrected chi connectivity index (χ4v) is 5.77. The Morgan fingerprint density at radius 3 is 2.07 bits per heavy atom. The fraction of sp³-hybridized carbons (Fsp3) is 0.417. The summed E-state index contributed by atoms with van der Waals surface area (Å²) in [4.78, 5) is 14.8. The Morgan fingerprint density at radius 2 is 1.50 bits per heavy atom. The van der Waals surface area contributed by atoms with E-state index in [0.717, 1.165) is 28.7 Å². The third-order valence-electron chi connectivity index (χ3n) is 8.25. The average molecular weight is 648 g/mol. The first kappa shape index (κ1) is 34.9. The molecule has 1 amide bonds. The highest BCUT2D eigenvalue weighted by Crippen LogP contribution is 2.45. The summed E-state index contributed by atoms with van der Waals surface area (Å²) in [7, 11) is 1.57. The van der Waals surface area contributed by atoms with Gasteiger partial charge in [0.2, 0.25) is 0 Å². The molecule has 0 spiro atoms. The number of alkyl halides is 6. The Hall–Kier alpha value is -3.95. The maximum atomic E-state index is 13.7. The minimum Gasteiger partial charge on any atom is -0.496 e. The first-order chi connectivity index (χ1) is 21.5. The van der Waals surface area contributed by atoms with Crippen LogP contribution in [0.1, 0.15) is 86.3 Å². The van der Waals surface area contributed by atoms with Crippen LogP contribution in [0.15, 0.2) is 72.3 Å². The zero-order valence-electron chi connectivity index (χ0n) is 26.6. The molecular weight excluding hydrogens is 608 g/mol. The minimum atomic E-state index is -5.02. The number of hydrogen-bond donors (Lipinski definition) is 0. The molecule has 4 nitrogen and oxygen atoms in total. The number of carbonyl (C=O) groups is 1. The number of carbonyl (C=O) groups excluding carboxylic acids is 1. The molecule has 3 aromatic rings. The smallest absolute Gasteiger partial charge is 0.416 e. The normalized spacial score (nSPS) is 15.2. The second-order valence-corrected chi connectivity index (χ2v) is 12.8. The zero-order chi connectivity index (χ0) is 33.9. The van der Waals surface area contributed by atoms with Gasteiger partial charge in [0.05, 0.1) is 18.2 Å². The lowest BCUT2D eigenvalue weighted by atomic mass is 9.72. The van der Waals surface area contributed by atoms with Gasteiger partial charge in [-0.25, -0.2) is 4.79 Å². The van der Waals surface area contributed by atoms with Crippen molar-refractivity contribution in [2.45, 2.75) is 78.4 Å². The molecule has 10 heteroatoms. The van der Waals surface area contributed by atoms with Crippen LogP contribution in [0.2, 0.25) is 0 Å². The SMILES string of the molecule is COc1ccc(C(C)C)cc1C1=C(CN(Cc2cc(C(F)(F)F)cc(C(F)(F)F)c2)C(=O)OCc2ccccc2)CC(C)(C)CC1. The summed E-state index contributed by atoms with van der Waals surface area (Å²) in [6, 6.07) is 16.1. The van der Waals surface area contributed by atoms with Gasteiger partial charge in [0, 0.05) is 18.7 Å². The Balaban J connectivity index is 1.81. The van der Waals surface area contributed by atoms with Gasteiger partial charge in [0.1, 0.15) is 12.4 Å². The number of amides is 1. The topological polar surface area (TPSA) is 38.8 Å².